The Morgan fingerprint density at radius 3 is 2.72 bits per heavy atom. The predicted molar refractivity (Wildman–Crippen MR) is 101 cm³/mol. The van der Waals surface area contributed by atoms with Gasteiger partial charge in [0, 0.05) is 19.1 Å². The first-order chi connectivity index (χ1) is 12.1. The Morgan fingerprint density at radius 1 is 1.28 bits per heavy atom. The van der Waals surface area contributed by atoms with E-state index in [1.807, 2.05) is 19.1 Å². The Kier molecular flexibility index (Phi) is 4.59. The van der Waals surface area contributed by atoms with Crippen LogP contribution in [0.5, 0.6) is 5.75 Å². The number of hydrogen-bond donors (Lipinski definition) is 1. The number of para-hydroxylation sites is 1. The van der Waals surface area contributed by atoms with Crippen LogP contribution in [0.3, 0.4) is 0 Å². The molecule has 1 saturated heterocycles. The van der Waals surface area contributed by atoms with E-state index in [2.05, 4.69) is 15.7 Å². The summed E-state index contributed by atoms with van der Waals surface area (Å²) in [6.07, 6.45) is 3.25. The van der Waals surface area contributed by atoms with Crippen molar-refractivity contribution in [3.05, 3.63) is 18.2 Å². The summed E-state index contributed by atoms with van der Waals surface area (Å²) < 4.78 is 33.8. The number of piperidine rings is 1. The van der Waals surface area contributed by atoms with E-state index in [9.17, 15) is 8.42 Å². The Labute approximate surface area is 152 Å². The van der Waals surface area contributed by atoms with Gasteiger partial charge in [-0.15, -0.1) is 0 Å². The van der Waals surface area contributed by atoms with E-state index in [-0.39, 0.29) is 11.3 Å². The van der Waals surface area contributed by atoms with Gasteiger partial charge in [-0.05, 0) is 44.7 Å². The van der Waals surface area contributed by atoms with E-state index < -0.39 is 10.0 Å². The quantitative estimate of drug-likeness (QED) is 0.833. The molecule has 0 atom stereocenters. The molecule has 4 rings (SSSR count). The van der Waals surface area contributed by atoms with Crippen LogP contribution in [0.25, 0.3) is 10.2 Å². The molecule has 6 nitrogen and oxygen atoms in total. The molecule has 2 aromatic rings. The molecule has 2 heterocycles. The van der Waals surface area contributed by atoms with E-state index >= 15 is 0 Å². The Balaban J connectivity index is 1.44. The van der Waals surface area contributed by atoms with Crippen molar-refractivity contribution in [1.29, 1.82) is 0 Å². The number of nitrogens with one attached hydrogen (secondary N) is 1. The number of thiazole rings is 1. The largest absolute Gasteiger partial charge is 0.492 e. The van der Waals surface area contributed by atoms with Gasteiger partial charge in [-0.25, -0.2) is 18.1 Å². The molecule has 0 unspecified atom stereocenters. The van der Waals surface area contributed by atoms with Crippen molar-refractivity contribution >= 4 is 36.7 Å². The molecule has 1 saturated carbocycles. The Hall–Kier alpha value is -1.38. The highest BCUT2D eigenvalue weighted by Crippen LogP contribution is 2.35. The highest BCUT2D eigenvalue weighted by molar-refractivity contribution is 7.90. The van der Waals surface area contributed by atoms with E-state index in [1.165, 1.54) is 0 Å². The molecule has 2 fully saturated rings. The molecular formula is C17H23N3O3S2. The fourth-order valence-electron chi connectivity index (χ4n) is 3.21. The summed E-state index contributed by atoms with van der Waals surface area (Å²) in [7, 11) is -3.10. The minimum atomic E-state index is -3.10. The molecule has 8 heteroatoms. The summed E-state index contributed by atoms with van der Waals surface area (Å²) in [5.41, 5.74) is 0.918. The zero-order valence-corrected chi connectivity index (χ0v) is 15.9. The van der Waals surface area contributed by atoms with Crippen LogP contribution in [0.2, 0.25) is 0 Å². The van der Waals surface area contributed by atoms with Crippen LogP contribution < -0.4 is 14.4 Å². The molecule has 0 amide bonds. The van der Waals surface area contributed by atoms with Gasteiger partial charge in [-0.3, -0.25) is 0 Å². The van der Waals surface area contributed by atoms with Gasteiger partial charge in [0.2, 0.25) is 10.0 Å². The highest BCUT2D eigenvalue weighted by Gasteiger charge is 2.37. The lowest BCUT2D eigenvalue weighted by atomic mass is 10.1. The van der Waals surface area contributed by atoms with Crippen molar-refractivity contribution in [1.82, 2.24) is 9.71 Å². The third-order valence-electron chi connectivity index (χ3n) is 4.73. The fourth-order valence-corrected chi connectivity index (χ4v) is 5.90. The van der Waals surface area contributed by atoms with Gasteiger partial charge in [-0.1, -0.05) is 17.4 Å². The molecule has 1 aromatic carbocycles. The molecule has 136 valence electrons. The maximum Gasteiger partial charge on any atom is 0.214 e. The lowest BCUT2D eigenvalue weighted by Crippen LogP contribution is -2.45. The normalized spacial score (nSPS) is 19.5. The lowest BCUT2D eigenvalue weighted by molar-refractivity contribution is 0.343. The van der Waals surface area contributed by atoms with Gasteiger partial charge in [0.15, 0.2) is 5.13 Å². The summed E-state index contributed by atoms with van der Waals surface area (Å²) in [4.78, 5) is 7.03. The average molecular weight is 382 g/mol. The molecule has 1 aliphatic heterocycles. The van der Waals surface area contributed by atoms with Gasteiger partial charge in [0.1, 0.15) is 11.3 Å². The summed E-state index contributed by atoms with van der Waals surface area (Å²) in [6.45, 7) is 4.24. The Morgan fingerprint density at radius 2 is 2.04 bits per heavy atom. The van der Waals surface area contributed by atoms with Gasteiger partial charge in [0.25, 0.3) is 0 Å². The number of benzene rings is 1. The van der Waals surface area contributed by atoms with Crippen molar-refractivity contribution in [3.63, 3.8) is 0 Å². The molecule has 1 aromatic heterocycles. The smallest absolute Gasteiger partial charge is 0.214 e. The van der Waals surface area contributed by atoms with E-state index in [0.29, 0.717) is 6.61 Å². The zero-order valence-electron chi connectivity index (χ0n) is 14.3. The molecule has 1 N–H and O–H groups in total. The van der Waals surface area contributed by atoms with Crippen molar-refractivity contribution in [2.45, 2.75) is 43.9 Å². The van der Waals surface area contributed by atoms with Gasteiger partial charge in [-0.2, -0.15) is 0 Å². The first-order valence-corrected chi connectivity index (χ1v) is 11.2. The van der Waals surface area contributed by atoms with Crippen molar-refractivity contribution in [2.75, 3.05) is 24.6 Å². The van der Waals surface area contributed by atoms with Crippen LogP contribution in [-0.2, 0) is 10.0 Å². The number of nitrogens with zero attached hydrogens (tertiary/aromatic N) is 2. The predicted octanol–water partition coefficient (Wildman–Crippen LogP) is 2.75. The van der Waals surface area contributed by atoms with Crippen LogP contribution in [0, 0.1) is 0 Å². The number of fused-ring (bicyclic) bond motifs is 1. The van der Waals surface area contributed by atoms with Crippen molar-refractivity contribution in [2.24, 2.45) is 0 Å². The van der Waals surface area contributed by atoms with Gasteiger partial charge in [0.05, 0.1) is 16.6 Å². The van der Waals surface area contributed by atoms with Crippen LogP contribution in [0.1, 0.15) is 32.6 Å². The second-order valence-corrected chi connectivity index (χ2v) is 9.66. The lowest BCUT2D eigenvalue weighted by Gasteiger charge is -2.31. The van der Waals surface area contributed by atoms with Crippen molar-refractivity contribution in [3.8, 4) is 5.75 Å². The topological polar surface area (TPSA) is 71.5 Å². The molecular weight excluding hydrogens is 358 g/mol. The van der Waals surface area contributed by atoms with E-state index in [4.69, 9.17) is 9.72 Å². The zero-order chi connectivity index (χ0) is 17.4. The number of rotatable bonds is 6. The van der Waals surface area contributed by atoms with Crippen LogP contribution in [-0.4, -0.2) is 44.4 Å². The maximum absolute atomic E-state index is 12.1. The SMILES string of the molecule is CCOc1cccc2sc(N3CCC(NS(=O)(=O)C4CC4)CC3)nc12. The second-order valence-electron chi connectivity index (χ2n) is 6.66. The van der Waals surface area contributed by atoms with E-state index in [1.54, 1.807) is 11.3 Å². The third-order valence-corrected chi connectivity index (χ3v) is 7.82. The third kappa shape index (κ3) is 3.61. The molecule has 0 spiro atoms. The minimum Gasteiger partial charge on any atom is -0.492 e. The summed E-state index contributed by atoms with van der Waals surface area (Å²) in [5.74, 6) is 0.828. The molecule has 1 aliphatic carbocycles. The average Bonchev–Trinajstić information content (AvgIpc) is 3.36. The Bertz CT molecular complexity index is 853. The summed E-state index contributed by atoms with van der Waals surface area (Å²) in [6, 6.07) is 6.06. The van der Waals surface area contributed by atoms with Crippen LogP contribution >= 0.6 is 11.3 Å². The van der Waals surface area contributed by atoms with Crippen molar-refractivity contribution < 1.29 is 13.2 Å². The highest BCUT2D eigenvalue weighted by atomic mass is 32.2. The van der Waals surface area contributed by atoms with Gasteiger partial charge >= 0.3 is 0 Å². The fraction of sp³-hybridized carbons (Fsp3) is 0.588. The standard InChI is InChI=1S/C17H23N3O3S2/c1-2-23-14-4-3-5-15-16(14)18-17(24-15)20-10-8-12(9-11-20)19-25(21,22)13-6-7-13/h3-5,12-13,19H,2,6-11H2,1H3. The number of anilines is 1. The molecule has 25 heavy (non-hydrogen) atoms. The molecule has 0 bridgehead atoms. The first kappa shape index (κ1) is 17.1. The number of sulfonamides is 1. The van der Waals surface area contributed by atoms with Crippen LogP contribution in [0.15, 0.2) is 18.2 Å². The maximum atomic E-state index is 12.1. The summed E-state index contributed by atoms with van der Waals surface area (Å²) in [5, 5.41) is 0.845. The number of aromatic nitrogens is 1. The first-order valence-electron chi connectivity index (χ1n) is 8.85. The van der Waals surface area contributed by atoms with Crippen LogP contribution in [0.4, 0.5) is 5.13 Å². The number of hydrogen-bond acceptors (Lipinski definition) is 6. The van der Waals surface area contributed by atoms with Gasteiger partial charge < -0.3 is 9.64 Å². The molecule has 0 radical (unpaired) electrons. The monoisotopic (exact) mass is 381 g/mol. The molecule has 2 aliphatic rings. The van der Waals surface area contributed by atoms with E-state index in [0.717, 1.165) is 59.9 Å². The minimum absolute atomic E-state index is 0.0511. The number of ether oxygens (including phenoxy) is 1. The second kappa shape index (κ2) is 6.74. The summed E-state index contributed by atoms with van der Waals surface area (Å²) >= 11 is 1.67.